The fourth-order valence-electron chi connectivity index (χ4n) is 1.66. The van der Waals surface area contributed by atoms with Crippen molar-refractivity contribution in [1.82, 2.24) is 5.32 Å². The van der Waals surface area contributed by atoms with E-state index in [2.05, 4.69) is 10.6 Å². The predicted octanol–water partition coefficient (Wildman–Crippen LogP) is 1.88. The second-order valence-electron chi connectivity index (χ2n) is 4.23. The Morgan fingerprint density at radius 1 is 1.24 bits per heavy atom. The molecular weight excluding hydrogens is 216 g/mol. The Labute approximate surface area is 102 Å². The van der Waals surface area contributed by atoms with E-state index in [1.807, 2.05) is 38.1 Å². The largest absolute Gasteiger partial charge is 0.497 e. The second kappa shape index (κ2) is 6.25. The molecule has 1 rings (SSSR count). The van der Waals surface area contributed by atoms with Gasteiger partial charge in [-0.25, -0.2) is 0 Å². The molecule has 1 aromatic rings. The monoisotopic (exact) mass is 236 g/mol. The van der Waals surface area contributed by atoms with Crippen LogP contribution in [0, 0.1) is 5.92 Å². The Bertz CT molecular complexity index is 360. The number of rotatable bonds is 5. The molecule has 0 bridgehead atoms. The summed E-state index contributed by atoms with van der Waals surface area (Å²) in [5.74, 6) is 1.00. The summed E-state index contributed by atoms with van der Waals surface area (Å²) in [6, 6.07) is 7.10. The molecule has 0 aliphatic rings. The van der Waals surface area contributed by atoms with Gasteiger partial charge >= 0.3 is 0 Å². The molecule has 0 aromatic heterocycles. The van der Waals surface area contributed by atoms with Crippen LogP contribution < -0.4 is 15.4 Å². The number of methoxy groups -OCH3 is 1. The molecule has 0 aliphatic heterocycles. The molecule has 0 saturated heterocycles. The molecule has 1 unspecified atom stereocenters. The lowest BCUT2D eigenvalue weighted by atomic mass is 10.0. The summed E-state index contributed by atoms with van der Waals surface area (Å²) >= 11 is 0. The Kier molecular flexibility index (Phi) is 4.97. The van der Waals surface area contributed by atoms with Gasteiger partial charge in [0, 0.05) is 5.69 Å². The van der Waals surface area contributed by atoms with Crippen LogP contribution in [-0.4, -0.2) is 26.1 Å². The van der Waals surface area contributed by atoms with Gasteiger partial charge in [0.2, 0.25) is 5.91 Å². The van der Waals surface area contributed by atoms with Crippen LogP contribution in [0.2, 0.25) is 0 Å². The summed E-state index contributed by atoms with van der Waals surface area (Å²) < 4.78 is 5.06. The quantitative estimate of drug-likeness (QED) is 0.820. The molecule has 2 N–H and O–H groups in total. The van der Waals surface area contributed by atoms with E-state index >= 15 is 0 Å². The number of benzene rings is 1. The Morgan fingerprint density at radius 3 is 2.24 bits per heavy atom. The SMILES string of the molecule is CNC(C(=O)Nc1ccc(OC)cc1)C(C)C. The van der Waals surface area contributed by atoms with E-state index in [1.54, 1.807) is 14.2 Å². The number of hydrogen-bond donors (Lipinski definition) is 2. The molecule has 0 radical (unpaired) electrons. The number of carbonyl (C=O) groups excluding carboxylic acids is 1. The average molecular weight is 236 g/mol. The summed E-state index contributed by atoms with van der Waals surface area (Å²) in [6.45, 7) is 4.02. The first-order valence-electron chi connectivity index (χ1n) is 5.70. The van der Waals surface area contributed by atoms with Crippen LogP contribution in [0.4, 0.5) is 5.69 Å². The normalized spacial score (nSPS) is 12.3. The average Bonchev–Trinajstić information content (AvgIpc) is 2.30. The predicted molar refractivity (Wildman–Crippen MR) is 69.3 cm³/mol. The van der Waals surface area contributed by atoms with E-state index in [0.717, 1.165) is 11.4 Å². The van der Waals surface area contributed by atoms with Gasteiger partial charge in [-0.15, -0.1) is 0 Å². The summed E-state index contributed by atoms with van der Waals surface area (Å²) in [6.07, 6.45) is 0. The molecule has 1 atom stereocenters. The summed E-state index contributed by atoms with van der Waals surface area (Å²) in [5.41, 5.74) is 0.775. The first-order valence-corrected chi connectivity index (χ1v) is 5.70. The molecule has 0 fully saturated rings. The Hall–Kier alpha value is -1.55. The van der Waals surface area contributed by atoms with Gasteiger partial charge in [-0.3, -0.25) is 4.79 Å². The van der Waals surface area contributed by atoms with Crippen molar-refractivity contribution in [1.29, 1.82) is 0 Å². The van der Waals surface area contributed by atoms with Crippen molar-refractivity contribution in [2.45, 2.75) is 19.9 Å². The molecule has 17 heavy (non-hydrogen) atoms. The van der Waals surface area contributed by atoms with Crippen molar-refractivity contribution < 1.29 is 9.53 Å². The van der Waals surface area contributed by atoms with Crippen LogP contribution in [0.15, 0.2) is 24.3 Å². The third kappa shape index (κ3) is 3.75. The molecule has 0 aliphatic carbocycles. The number of hydrogen-bond acceptors (Lipinski definition) is 3. The van der Waals surface area contributed by atoms with Gasteiger partial charge in [0.05, 0.1) is 13.2 Å². The molecule has 0 saturated carbocycles. The zero-order valence-corrected chi connectivity index (χ0v) is 10.8. The van der Waals surface area contributed by atoms with Crippen molar-refractivity contribution >= 4 is 11.6 Å². The maximum atomic E-state index is 11.9. The highest BCUT2D eigenvalue weighted by Gasteiger charge is 2.19. The standard InChI is InChI=1S/C13H20N2O2/c1-9(2)12(14-3)13(16)15-10-5-7-11(17-4)8-6-10/h5-9,12,14H,1-4H3,(H,15,16). The lowest BCUT2D eigenvalue weighted by Crippen LogP contribution is -2.42. The molecular formula is C13H20N2O2. The summed E-state index contributed by atoms with van der Waals surface area (Å²) in [4.78, 5) is 11.9. The van der Waals surface area contributed by atoms with Gasteiger partial charge in [-0.1, -0.05) is 13.8 Å². The third-order valence-electron chi connectivity index (χ3n) is 2.62. The van der Waals surface area contributed by atoms with Gasteiger partial charge in [-0.05, 0) is 37.2 Å². The van der Waals surface area contributed by atoms with Crippen molar-refractivity contribution in [3.8, 4) is 5.75 Å². The van der Waals surface area contributed by atoms with Gasteiger partial charge in [0.25, 0.3) is 0 Å². The fourth-order valence-corrected chi connectivity index (χ4v) is 1.66. The number of amides is 1. The minimum absolute atomic E-state index is 0.0207. The van der Waals surface area contributed by atoms with Crippen LogP contribution in [0.1, 0.15) is 13.8 Å². The zero-order chi connectivity index (χ0) is 12.8. The highest BCUT2D eigenvalue weighted by atomic mass is 16.5. The van der Waals surface area contributed by atoms with Crippen LogP contribution in [0.3, 0.4) is 0 Å². The smallest absolute Gasteiger partial charge is 0.241 e. The number of likely N-dealkylation sites (N-methyl/N-ethyl adjacent to an activating group) is 1. The lowest BCUT2D eigenvalue weighted by Gasteiger charge is -2.19. The number of nitrogens with one attached hydrogen (secondary N) is 2. The van der Waals surface area contributed by atoms with Gasteiger partial charge in [-0.2, -0.15) is 0 Å². The second-order valence-corrected chi connectivity index (χ2v) is 4.23. The van der Waals surface area contributed by atoms with E-state index < -0.39 is 0 Å². The van der Waals surface area contributed by atoms with Gasteiger partial charge in [0.15, 0.2) is 0 Å². The van der Waals surface area contributed by atoms with Crippen LogP contribution in [-0.2, 0) is 4.79 Å². The third-order valence-corrected chi connectivity index (χ3v) is 2.62. The molecule has 94 valence electrons. The van der Waals surface area contributed by atoms with E-state index in [4.69, 9.17) is 4.74 Å². The minimum atomic E-state index is -0.183. The van der Waals surface area contributed by atoms with E-state index in [0.29, 0.717) is 0 Å². The number of carbonyl (C=O) groups is 1. The van der Waals surface area contributed by atoms with Crippen LogP contribution in [0.5, 0.6) is 5.75 Å². The van der Waals surface area contributed by atoms with E-state index in [-0.39, 0.29) is 17.9 Å². The lowest BCUT2D eigenvalue weighted by molar-refractivity contribution is -0.118. The van der Waals surface area contributed by atoms with Crippen LogP contribution in [0.25, 0.3) is 0 Å². The van der Waals surface area contributed by atoms with Crippen molar-refractivity contribution in [3.05, 3.63) is 24.3 Å². The van der Waals surface area contributed by atoms with E-state index in [9.17, 15) is 4.79 Å². The molecule has 4 nitrogen and oxygen atoms in total. The molecule has 1 amide bonds. The van der Waals surface area contributed by atoms with Crippen molar-refractivity contribution in [2.75, 3.05) is 19.5 Å². The maximum Gasteiger partial charge on any atom is 0.241 e. The highest BCUT2D eigenvalue weighted by molar-refractivity contribution is 5.95. The van der Waals surface area contributed by atoms with Gasteiger partial charge < -0.3 is 15.4 Å². The first-order chi connectivity index (χ1) is 8.08. The fraction of sp³-hybridized carbons (Fsp3) is 0.462. The summed E-state index contributed by atoms with van der Waals surface area (Å²) in [7, 11) is 3.40. The topological polar surface area (TPSA) is 50.4 Å². The Balaban J connectivity index is 2.66. The van der Waals surface area contributed by atoms with E-state index in [1.165, 1.54) is 0 Å². The Morgan fingerprint density at radius 2 is 1.82 bits per heavy atom. The minimum Gasteiger partial charge on any atom is -0.497 e. The maximum absolute atomic E-state index is 11.9. The number of ether oxygens (including phenoxy) is 1. The summed E-state index contributed by atoms with van der Waals surface area (Å²) in [5, 5.41) is 5.88. The highest BCUT2D eigenvalue weighted by Crippen LogP contribution is 2.15. The molecule has 0 heterocycles. The molecule has 0 spiro atoms. The van der Waals surface area contributed by atoms with Crippen molar-refractivity contribution in [3.63, 3.8) is 0 Å². The molecule has 1 aromatic carbocycles. The first kappa shape index (κ1) is 13.5. The van der Waals surface area contributed by atoms with Crippen LogP contribution >= 0.6 is 0 Å². The van der Waals surface area contributed by atoms with Crippen molar-refractivity contribution in [2.24, 2.45) is 5.92 Å². The van der Waals surface area contributed by atoms with Gasteiger partial charge in [0.1, 0.15) is 5.75 Å². The zero-order valence-electron chi connectivity index (χ0n) is 10.8. The number of anilines is 1. The molecule has 4 heteroatoms.